The van der Waals surface area contributed by atoms with Crippen LogP contribution < -0.4 is 15.0 Å². The van der Waals surface area contributed by atoms with E-state index >= 15 is 0 Å². The third kappa shape index (κ3) is 5.31. The van der Waals surface area contributed by atoms with Gasteiger partial charge in [0.25, 0.3) is 0 Å². The number of anilines is 6. The first kappa shape index (κ1) is 30.9. The van der Waals surface area contributed by atoms with Crippen LogP contribution in [0.15, 0.2) is 152 Å². The maximum atomic E-state index is 9.78. The molecule has 0 fully saturated rings. The van der Waals surface area contributed by atoms with Gasteiger partial charge in [0, 0.05) is 33.5 Å². The highest BCUT2D eigenvalue weighted by Crippen LogP contribution is 2.47. The van der Waals surface area contributed by atoms with Gasteiger partial charge < -0.3 is 9.80 Å². The lowest BCUT2D eigenvalue weighted by Gasteiger charge is -2.30. The summed E-state index contributed by atoms with van der Waals surface area (Å²) in [6, 6.07) is 55.1. The summed E-state index contributed by atoms with van der Waals surface area (Å²) in [6.45, 7) is 14.9. The van der Waals surface area contributed by atoms with Crippen LogP contribution in [0.3, 0.4) is 0 Å². The van der Waals surface area contributed by atoms with E-state index in [1.165, 1.54) is 26.7 Å². The van der Waals surface area contributed by atoms with E-state index in [9.17, 15) is 5.26 Å². The Hall–Kier alpha value is -6.40. The molecule has 0 spiro atoms. The third-order valence-corrected chi connectivity index (χ3v) is 11.6. The highest BCUT2D eigenvalue weighted by molar-refractivity contribution is 6.88. The van der Waals surface area contributed by atoms with Crippen LogP contribution in [-0.2, 0) is 0 Å². The van der Waals surface area contributed by atoms with E-state index in [0.717, 1.165) is 44.9 Å². The van der Waals surface area contributed by atoms with E-state index in [1.807, 2.05) is 54.6 Å². The first-order valence-electron chi connectivity index (χ1n) is 16.8. The minimum absolute atomic E-state index is 0.609. The van der Waals surface area contributed by atoms with Gasteiger partial charge in [0.2, 0.25) is 0 Å². The maximum Gasteiger partial charge on any atom is 0.189 e. The molecule has 0 aliphatic carbocycles. The van der Waals surface area contributed by atoms with Crippen LogP contribution in [0.25, 0.3) is 37.2 Å². The van der Waals surface area contributed by atoms with E-state index in [4.69, 9.17) is 6.57 Å². The summed E-state index contributed by atoms with van der Waals surface area (Å²) in [5.41, 5.74) is 7.32. The molecule has 0 N–H and O–H groups in total. The van der Waals surface area contributed by atoms with Crippen LogP contribution in [0.1, 0.15) is 5.56 Å². The Morgan fingerprint density at radius 3 is 1.66 bits per heavy atom. The summed E-state index contributed by atoms with van der Waals surface area (Å²) in [7, 11) is -1.61. The molecule has 8 aromatic rings. The Labute approximate surface area is 293 Å². The number of rotatable bonds is 7. The zero-order chi connectivity index (χ0) is 34.4. The summed E-state index contributed by atoms with van der Waals surface area (Å²) < 4.78 is 0. The standard InChI is InChI=1S/C45H34N4Si/c1-47-34-12-9-16-37(28-34)49(38-17-10-18-39(29-38)50(2,3)4)43-26-22-33-19-23-40-42(25-21-32-20-24-41(43)45(33)44(32)40)48(35-13-6-5-7-14-35)36-15-8-11-31(27-36)30-46/h5-29H,2-4H3. The molecule has 0 atom stereocenters. The van der Waals surface area contributed by atoms with Crippen LogP contribution >= 0.6 is 0 Å². The zero-order valence-corrected chi connectivity index (χ0v) is 29.2. The molecular weight excluding hydrogens is 625 g/mol. The average molecular weight is 659 g/mol. The largest absolute Gasteiger partial charge is 0.311 e. The van der Waals surface area contributed by atoms with Gasteiger partial charge in [-0.05, 0) is 88.3 Å². The van der Waals surface area contributed by atoms with Gasteiger partial charge in [-0.15, -0.1) is 0 Å². The lowest BCUT2D eigenvalue weighted by Crippen LogP contribution is -2.37. The fourth-order valence-corrected chi connectivity index (χ4v) is 8.30. The number of nitriles is 1. The number of para-hydroxylation sites is 1. The number of hydrogen-bond acceptors (Lipinski definition) is 3. The van der Waals surface area contributed by atoms with Crippen molar-refractivity contribution >= 4 is 85.4 Å². The molecule has 0 aromatic heterocycles. The van der Waals surface area contributed by atoms with Gasteiger partial charge in [-0.2, -0.15) is 5.26 Å². The maximum absolute atomic E-state index is 9.78. The minimum Gasteiger partial charge on any atom is -0.311 e. The number of nitrogens with zero attached hydrogens (tertiary/aromatic N) is 4. The monoisotopic (exact) mass is 658 g/mol. The second-order valence-corrected chi connectivity index (χ2v) is 18.8. The molecular formula is C45H34N4Si. The van der Waals surface area contributed by atoms with Crippen molar-refractivity contribution in [3.63, 3.8) is 0 Å². The Morgan fingerprint density at radius 1 is 0.540 bits per heavy atom. The molecule has 8 rings (SSSR count). The van der Waals surface area contributed by atoms with Crippen LogP contribution in [-0.4, -0.2) is 8.07 Å². The predicted octanol–water partition coefficient (Wildman–Crippen LogP) is 12.5. The van der Waals surface area contributed by atoms with Crippen LogP contribution in [0.5, 0.6) is 0 Å². The van der Waals surface area contributed by atoms with Crippen molar-refractivity contribution < 1.29 is 0 Å². The smallest absolute Gasteiger partial charge is 0.189 e. The summed E-state index contributed by atoms with van der Waals surface area (Å²) in [6.07, 6.45) is 0. The molecule has 238 valence electrons. The summed E-state index contributed by atoms with van der Waals surface area (Å²) in [5.74, 6) is 0. The Kier molecular flexibility index (Phi) is 7.56. The van der Waals surface area contributed by atoms with Crippen molar-refractivity contribution in [2.24, 2.45) is 0 Å². The molecule has 50 heavy (non-hydrogen) atoms. The second kappa shape index (κ2) is 12.2. The average Bonchev–Trinajstić information content (AvgIpc) is 3.15. The molecule has 0 bridgehead atoms. The normalized spacial score (nSPS) is 11.5. The van der Waals surface area contributed by atoms with Crippen molar-refractivity contribution in [3.8, 4) is 6.07 Å². The molecule has 0 saturated carbocycles. The van der Waals surface area contributed by atoms with E-state index in [-0.39, 0.29) is 0 Å². The number of benzene rings is 8. The van der Waals surface area contributed by atoms with Crippen molar-refractivity contribution in [2.75, 3.05) is 9.80 Å². The Balaban J connectivity index is 1.41. The van der Waals surface area contributed by atoms with Crippen molar-refractivity contribution in [1.29, 1.82) is 5.26 Å². The highest BCUT2D eigenvalue weighted by Gasteiger charge is 2.23. The van der Waals surface area contributed by atoms with Gasteiger partial charge in [-0.1, -0.05) is 110 Å². The summed E-state index contributed by atoms with van der Waals surface area (Å²) in [4.78, 5) is 8.34. The lowest BCUT2D eigenvalue weighted by atomic mass is 9.91. The van der Waals surface area contributed by atoms with Gasteiger partial charge in [0.15, 0.2) is 5.69 Å². The highest BCUT2D eigenvalue weighted by atomic mass is 28.3. The number of hydrogen-bond donors (Lipinski definition) is 0. The third-order valence-electron chi connectivity index (χ3n) is 9.54. The molecule has 0 amide bonds. The van der Waals surface area contributed by atoms with Gasteiger partial charge in [-0.25, -0.2) is 4.85 Å². The minimum atomic E-state index is -1.61. The van der Waals surface area contributed by atoms with E-state index in [1.54, 1.807) is 0 Å². The van der Waals surface area contributed by atoms with Gasteiger partial charge >= 0.3 is 0 Å². The van der Waals surface area contributed by atoms with Crippen LogP contribution in [0.2, 0.25) is 19.6 Å². The quantitative estimate of drug-likeness (QED) is 0.0971. The van der Waals surface area contributed by atoms with Crippen molar-refractivity contribution in [2.45, 2.75) is 19.6 Å². The van der Waals surface area contributed by atoms with Gasteiger partial charge in [0.1, 0.15) is 0 Å². The van der Waals surface area contributed by atoms with Crippen molar-refractivity contribution in [1.82, 2.24) is 0 Å². The molecule has 4 nitrogen and oxygen atoms in total. The fraction of sp³-hybridized carbons (Fsp3) is 0.0667. The molecule has 0 aliphatic rings. The van der Waals surface area contributed by atoms with Crippen molar-refractivity contribution in [3.05, 3.63) is 169 Å². The predicted molar refractivity (Wildman–Crippen MR) is 213 cm³/mol. The zero-order valence-electron chi connectivity index (χ0n) is 28.2. The Bertz CT molecular complexity index is 2630. The molecule has 0 unspecified atom stereocenters. The molecule has 0 aliphatic heterocycles. The van der Waals surface area contributed by atoms with E-state index in [0.29, 0.717) is 11.3 Å². The Morgan fingerprint density at radius 2 is 1.06 bits per heavy atom. The fourth-order valence-electron chi connectivity index (χ4n) is 7.12. The van der Waals surface area contributed by atoms with Gasteiger partial charge in [0.05, 0.1) is 37.7 Å². The van der Waals surface area contributed by atoms with Gasteiger partial charge in [-0.3, -0.25) is 0 Å². The lowest BCUT2D eigenvalue weighted by molar-refractivity contribution is 1.29. The molecule has 0 radical (unpaired) electrons. The van der Waals surface area contributed by atoms with E-state index < -0.39 is 8.07 Å². The molecule has 0 heterocycles. The van der Waals surface area contributed by atoms with Crippen LogP contribution in [0, 0.1) is 17.9 Å². The van der Waals surface area contributed by atoms with Crippen LogP contribution in [0.4, 0.5) is 39.8 Å². The second-order valence-electron chi connectivity index (χ2n) is 13.7. The first-order valence-corrected chi connectivity index (χ1v) is 20.3. The summed E-state index contributed by atoms with van der Waals surface area (Å²) >= 11 is 0. The topological polar surface area (TPSA) is 34.6 Å². The van der Waals surface area contributed by atoms with E-state index in [2.05, 4.69) is 137 Å². The SMILES string of the molecule is [C-]#[N+]c1cccc(N(c2cccc([Si](C)(C)C)c2)c2ccc3ccc4c(N(c5ccccc5)c5cccc(C#N)c5)ccc5ccc2c3c54)c1. The molecule has 0 saturated heterocycles. The summed E-state index contributed by atoms with van der Waals surface area (Å²) in [5, 5.41) is 18.2. The molecule has 8 aromatic carbocycles. The first-order chi connectivity index (χ1) is 24.3. The molecule has 5 heteroatoms.